The number of nitrogens with one attached hydrogen (secondary N) is 1. The van der Waals surface area contributed by atoms with Crippen LogP contribution in [-0.4, -0.2) is 72.4 Å². The average molecular weight is 359 g/mol. The van der Waals surface area contributed by atoms with Crippen LogP contribution < -0.4 is 10.2 Å². The molecule has 1 aromatic heterocycles. The van der Waals surface area contributed by atoms with E-state index in [4.69, 9.17) is 0 Å². The average Bonchev–Trinajstić information content (AvgIpc) is 2.93. The van der Waals surface area contributed by atoms with Crippen molar-refractivity contribution in [2.45, 2.75) is 32.4 Å². The Balaban J connectivity index is 1.80. The minimum Gasteiger partial charge on any atom is -0.362 e. The van der Waals surface area contributed by atoms with Crippen LogP contribution in [0.3, 0.4) is 0 Å². The maximum Gasteiger partial charge on any atom is 0.219 e. The highest BCUT2D eigenvalue weighted by Gasteiger charge is 2.50. The van der Waals surface area contributed by atoms with Crippen molar-refractivity contribution >= 4 is 17.6 Å². The number of anilines is 1. The van der Waals surface area contributed by atoms with E-state index in [-0.39, 0.29) is 17.4 Å². The fourth-order valence-electron chi connectivity index (χ4n) is 4.44. The molecular weight excluding hydrogens is 330 g/mol. The molecule has 0 aromatic carbocycles. The lowest BCUT2D eigenvalue weighted by atomic mass is 9.80. The van der Waals surface area contributed by atoms with Gasteiger partial charge < -0.3 is 15.1 Å². The molecule has 0 bridgehead atoms. The summed E-state index contributed by atoms with van der Waals surface area (Å²) in [6.07, 6.45) is 2.78. The van der Waals surface area contributed by atoms with Gasteiger partial charge in [-0.05, 0) is 19.0 Å². The molecule has 1 N–H and O–H groups in total. The fraction of sp³-hybridized carbons (Fsp3) is 0.632. The first kappa shape index (κ1) is 18.6. The van der Waals surface area contributed by atoms with E-state index in [1.807, 2.05) is 36.2 Å². The Morgan fingerprint density at radius 2 is 2.12 bits per heavy atom. The van der Waals surface area contributed by atoms with Crippen molar-refractivity contribution in [1.82, 2.24) is 20.1 Å². The van der Waals surface area contributed by atoms with Crippen LogP contribution in [0.25, 0.3) is 0 Å². The van der Waals surface area contributed by atoms with Crippen LogP contribution in [0.5, 0.6) is 0 Å². The molecule has 7 heteroatoms. The number of rotatable bonds is 4. The molecule has 0 saturated carbocycles. The molecule has 2 amide bonds. The predicted molar refractivity (Wildman–Crippen MR) is 101 cm³/mol. The number of carbonyl (C=O) groups excluding carboxylic acids is 2. The molecule has 0 radical (unpaired) electrons. The summed E-state index contributed by atoms with van der Waals surface area (Å²) in [6, 6.07) is 4.07. The predicted octanol–water partition coefficient (Wildman–Crippen LogP) is 0.707. The van der Waals surface area contributed by atoms with Crippen LogP contribution in [0.2, 0.25) is 0 Å². The SMILES string of the molecule is CC(=O)N[C@@]12CN(Cc3cccnc3N(C)C)CC[C@@H]1CN(C(C)=O)C2. The molecule has 0 aliphatic carbocycles. The number of hydrogen-bond donors (Lipinski definition) is 1. The number of nitrogens with zero attached hydrogens (tertiary/aromatic N) is 4. The van der Waals surface area contributed by atoms with Crippen molar-refractivity contribution < 1.29 is 9.59 Å². The summed E-state index contributed by atoms with van der Waals surface area (Å²) in [5.41, 5.74) is 0.825. The van der Waals surface area contributed by atoms with E-state index in [0.717, 1.165) is 38.4 Å². The van der Waals surface area contributed by atoms with E-state index in [1.54, 1.807) is 13.8 Å². The lowest BCUT2D eigenvalue weighted by Crippen LogP contribution is -2.63. The molecule has 26 heavy (non-hydrogen) atoms. The van der Waals surface area contributed by atoms with Gasteiger partial charge in [0.05, 0.1) is 5.54 Å². The van der Waals surface area contributed by atoms with Gasteiger partial charge >= 0.3 is 0 Å². The van der Waals surface area contributed by atoms with Crippen LogP contribution in [0.4, 0.5) is 5.82 Å². The lowest BCUT2D eigenvalue weighted by molar-refractivity contribution is -0.128. The number of amides is 2. The van der Waals surface area contributed by atoms with Gasteiger partial charge in [-0.2, -0.15) is 0 Å². The molecule has 0 spiro atoms. The molecule has 2 aliphatic heterocycles. The Labute approximate surface area is 155 Å². The zero-order valence-electron chi connectivity index (χ0n) is 16.2. The van der Waals surface area contributed by atoms with E-state index in [1.165, 1.54) is 5.56 Å². The molecule has 2 saturated heterocycles. The first-order valence-corrected chi connectivity index (χ1v) is 9.18. The quantitative estimate of drug-likeness (QED) is 0.857. The number of fused-ring (bicyclic) bond motifs is 1. The van der Waals surface area contributed by atoms with Crippen molar-refractivity contribution in [1.29, 1.82) is 0 Å². The fourth-order valence-corrected chi connectivity index (χ4v) is 4.44. The Hall–Kier alpha value is -2.15. The monoisotopic (exact) mass is 359 g/mol. The molecule has 0 unspecified atom stereocenters. The zero-order chi connectivity index (χ0) is 18.9. The number of carbonyl (C=O) groups is 2. The van der Waals surface area contributed by atoms with Crippen molar-refractivity contribution in [3.8, 4) is 0 Å². The van der Waals surface area contributed by atoms with Crippen LogP contribution in [0, 0.1) is 5.92 Å². The van der Waals surface area contributed by atoms with Gasteiger partial charge in [0.1, 0.15) is 5.82 Å². The summed E-state index contributed by atoms with van der Waals surface area (Å²) in [5, 5.41) is 3.19. The molecule has 142 valence electrons. The number of aromatic nitrogens is 1. The van der Waals surface area contributed by atoms with Crippen LogP contribution >= 0.6 is 0 Å². The Morgan fingerprint density at radius 3 is 2.77 bits per heavy atom. The smallest absolute Gasteiger partial charge is 0.219 e. The van der Waals surface area contributed by atoms with Gasteiger partial charge in [-0.1, -0.05) is 6.07 Å². The topological polar surface area (TPSA) is 68.8 Å². The summed E-state index contributed by atoms with van der Waals surface area (Å²) in [7, 11) is 4.00. The first-order chi connectivity index (χ1) is 12.3. The highest BCUT2D eigenvalue weighted by atomic mass is 16.2. The molecule has 2 aliphatic rings. The molecule has 3 rings (SSSR count). The summed E-state index contributed by atoms with van der Waals surface area (Å²) in [5.74, 6) is 1.34. The second kappa shape index (κ2) is 7.23. The Kier molecular flexibility index (Phi) is 5.18. The van der Waals surface area contributed by atoms with E-state index >= 15 is 0 Å². The largest absolute Gasteiger partial charge is 0.362 e. The van der Waals surface area contributed by atoms with Crippen molar-refractivity contribution in [2.75, 3.05) is 45.2 Å². The van der Waals surface area contributed by atoms with Gasteiger partial charge in [0.2, 0.25) is 11.8 Å². The van der Waals surface area contributed by atoms with Gasteiger partial charge in [0.15, 0.2) is 0 Å². The van der Waals surface area contributed by atoms with Gasteiger partial charge in [0, 0.05) is 71.8 Å². The van der Waals surface area contributed by atoms with Gasteiger partial charge in [0.25, 0.3) is 0 Å². The van der Waals surface area contributed by atoms with Gasteiger partial charge in [-0.15, -0.1) is 0 Å². The third-order valence-electron chi connectivity index (χ3n) is 5.55. The highest BCUT2D eigenvalue weighted by Crippen LogP contribution is 2.36. The molecule has 3 heterocycles. The second-order valence-corrected chi connectivity index (χ2v) is 7.81. The normalized spacial score (nSPS) is 25.7. The molecule has 2 fully saturated rings. The van der Waals surface area contributed by atoms with Crippen LogP contribution in [0.1, 0.15) is 25.8 Å². The van der Waals surface area contributed by atoms with Gasteiger partial charge in [-0.25, -0.2) is 4.98 Å². The zero-order valence-corrected chi connectivity index (χ0v) is 16.2. The summed E-state index contributed by atoms with van der Waals surface area (Å²) < 4.78 is 0. The molecule has 2 atom stereocenters. The van der Waals surface area contributed by atoms with Crippen molar-refractivity contribution in [3.05, 3.63) is 23.9 Å². The maximum absolute atomic E-state index is 11.9. The summed E-state index contributed by atoms with van der Waals surface area (Å²) >= 11 is 0. The van der Waals surface area contributed by atoms with Crippen LogP contribution in [0.15, 0.2) is 18.3 Å². The number of hydrogen-bond acceptors (Lipinski definition) is 5. The summed E-state index contributed by atoms with van der Waals surface area (Å²) in [4.78, 5) is 34.5. The summed E-state index contributed by atoms with van der Waals surface area (Å²) in [6.45, 7) is 7.00. The Morgan fingerprint density at radius 1 is 1.35 bits per heavy atom. The number of pyridine rings is 1. The van der Waals surface area contributed by atoms with Crippen molar-refractivity contribution in [2.24, 2.45) is 5.92 Å². The van der Waals surface area contributed by atoms with E-state index in [0.29, 0.717) is 12.5 Å². The Bertz CT molecular complexity index is 692. The molecule has 1 aromatic rings. The first-order valence-electron chi connectivity index (χ1n) is 9.18. The highest BCUT2D eigenvalue weighted by molar-refractivity contribution is 5.76. The van der Waals surface area contributed by atoms with Crippen LogP contribution in [-0.2, 0) is 16.1 Å². The number of piperidine rings is 1. The minimum absolute atomic E-state index is 0.0300. The third-order valence-corrected chi connectivity index (χ3v) is 5.55. The van der Waals surface area contributed by atoms with Crippen molar-refractivity contribution in [3.63, 3.8) is 0 Å². The minimum atomic E-state index is -0.351. The van der Waals surface area contributed by atoms with Gasteiger partial charge in [-0.3, -0.25) is 14.5 Å². The second-order valence-electron chi connectivity index (χ2n) is 7.81. The lowest BCUT2D eigenvalue weighted by Gasteiger charge is -2.44. The van der Waals surface area contributed by atoms with E-state index < -0.39 is 0 Å². The van der Waals surface area contributed by atoms with E-state index in [9.17, 15) is 9.59 Å². The standard InChI is InChI=1S/C19H29N5O2/c1-14(25)21-19-12-23(9-7-17(19)11-24(13-19)15(2)26)10-16-6-5-8-20-18(16)22(3)4/h5-6,8,17H,7,9-13H2,1-4H3,(H,21,25)/t17-,19-/m1/s1. The molecule has 7 nitrogen and oxygen atoms in total. The third kappa shape index (κ3) is 3.67. The maximum atomic E-state index is 11.9. The number of likely N-dealkylation sites (tertiary alicyclic amines) is 2. The van der Waals surface area contributed by atoms with E-state index in [2.05, 4.69) is 21.3 Å². The molecular formula is C19H29N5O2.